The highest BCUT2D eigenvalue weighted by molar-refractivity contribution is 5.83. The van der Waals surface area contributed by atoms with Crippen molar-refractivity contribution in [2.45, 2.75) is 44.9 Å². The SMILES string of the molecule is CC1(C)CCCNC1C(=O)N1C[C@@H](O)[C@@H](O)C1. The summed E-state index contributed by atoms with van der Waals surface area (Å²) in [6.07, 6.45) is 0.508. The Morgan fingerprint density at radius 3 is 2.41 bits per heavy atom. The van der Waals surface area contributed by atoms with Crippen LogP contribution in [0.5, 0.6) is 0 Å². The summed E-state index contributed by atoms with van der Waals surface area (Å²) in [6.45, 7) is 5.52. The van der Waals surface area contributed by atoms with Gasteiger partial charge in [-0.2, -0.15) is 0 Å². The van der Waals surface area contributed by atoms with Crippen LogP contribution in [0.15, 0.2) is 0 Å². The lowest BCUT2D eigenvalue weighted by molar-refractivity contribution is -0.136. The first-order valence-electron chi connectivity index (χ1n) is 6.30. The molecule has 98 valence electrons. The number of carbonyl (C=O) groups is 1. The highest BCUT2D eigenvalue weighted by atomic mass is 16.3. The Morgan fingerprint density at radius 2 is 1.88 bits per heavy atom. The van der Waals surface area contributed by atoms with Crippen LogP contribution in [-0.4, -0.2) is 58.9 Å². The van der Waals surface area contributed by atoms with E-state index >= 15 is 0 Å². The minimum atomic E-state index is -0.800. The van der Waals surface area contributed by atoms with Crippen molar-refractivity contribution in [2.75, 3.05) is 19.6 Å². The van der Waals surface area contributed by atoms with E-state index in [2.05, 4.69) is 19.2 Å². The molecule has 0 radical (unpaired) electrons. The van der Waals surface area contributed by atoms with Crippen molar-refractivity contribution in [3.63, 3.8) is 0 Å². The third kappa shape index (κ3) is 2.46. The molecule has 3 N–H and O–H groups in total. The average Bonchev–Trinajstić information content (AvgIpc) is 2.58. The van der Waals surface area contributed by atoms with Crippen LogP contribution >= 0.6 is 0 Å². The van der Waals surface area contributed by atoms with Gasteiger partial charge >= 0.3 is 0 Å². The van der Waals surface area contributed by atoms with E-state index in [0.717, 1.165) is 19.4 Å². The number of β-amino-alcohol motifs (C(OH)–C–C–N with tert-alkyl or cyclic N) is 2. The van der Waals surface area contributed by atoms with Crippen LogP contribution in [0.4, 0.5) is 0 Å². The Bertz CT molecular complexity index is 296. The first-order chi connectivity index (χ1) is 7.92. The minimum absolute atomic E-state index is 0.00491. The average molecular weight is 242 g/mol. The van der Waals surface area contributed by atoms with Crippen LogP contribution in [0.3, 0.4) is 0 Å². The molecule has 2 saturated heterocycles. The zero-order valence-electron chi connectivity index (χ0n) is 10.5. The molecule has 2 aliphatic rings. The second-order valence-electron chi connectivity index (χ2n) is 5.86. The standard InChI is InChI=1S/C12H22N2O3/c1-12(2)4-3-5-13-10(12)11(17)14-6-8(15)9(16)7-14/h8-10,13,15-16H,3-7H2,1-2H3/t8-,9+,10?. The van der Waals surface area contributed by atoms with Crippen LogP contribution in [0.1, 0.15) is 26.7 Å². The molecular weight excluding hydrogens is 220 g/mol. The molecular formula is C12H22N2O3. The lowest BCUT2D eigenvalue weighted by Crippen LogP contribution is -2.56. The van der Waals surface area contributed by atoms with Gasteiger partial charge in [0, 0.05) is 13.1 Å². The largest absolute Gasteiger partial charge is 0.388 e. The summed E-state index contributed by atoms with van der Waals surface area (Å²) in [4.78, 5) is 13.9. The van der Waals surface area contributed by atoms with Gasteiger partial charge in [-0.05, 0) is 24.8 Å². The van der Waals surface area contributed by atoms with Gasteiger partial charge in [0.1, 0.15) is 0 Å². The first kappa shape index (κ1) is 12.8. The van der Waals surface area contributed by atoms with Crippen molar-refractivity contribution in [1.29, 1.82) is 0 Å². The van der Waals surface area contributed by atoms with Gasteiger partial charge in [0.15, 0.2) is 0 Å². The van der Waals surface area contributed by atoms with Crippen molar-refractivity contribution in [3.8, 4) is 0 Å². The van der Waals surface area contributed by atoms with E-state index in [9.17, 15) is 15.0 Å². The molecule has 2 rings (SSSR count). The van der Waals surface area contributed by atoms with Gasteiger partial charge in [-0.3, -0.25) is 4.79 Å². The molecule has 17 heavy (non-hydrogen) atoms. The molecule has 3 atom stereocenters. The predicted molar refractivity (Wildman–Crippen MR) is 63.4 cm³/mol. The number of nitrogens with zero attached hydrogens (tertiary/aromatic N) is 1. The summed E-state index contributed by atoms with van der Waals surface area (Å²) in [5.41, 5.74) is -0.0617. The van der Waals surface area contributed by atoms with E-state index in [4.69, 9.17) is 0 Å². The second-order valence-corrected chi connectivity index (χ2v) is 5.86. The summed E-state index contributed by atoms with van der Waals surface area (Å²) < 4.78 is 0. The number of aliphatic hydroxyl groups excluding tert-OH is 2. The summed E-state index contributed by atoms with van der Waals surface area (Å²) in [5.74, 6) is 0.00491. The Labute approximate surface area is 102 Å². The van der Waals surface area contributed by atoms with Crippen LogP contribution < -0.4 is 5.32 Å². The van der Waals surface area contributed by atoms with Gasteiger partial charge in [0.25, 0.3) is 0 Å². The van der Waals surface area contributed by atoms with E-state index < -0.39 is 12.2 Å². The molecule has 0 aromatic heterocycles. The maximum atomic E-state index is 12.3. The Hall–Kier alpha value is -0.650. The number of amides is 1. The highest BCUT2D eigenvalue weighted by Crippen LogP contribution is 2.31. The van der Waals surface area contributed by atoms with E-state index in [-0.39, 0.29) is 30.5 Å². The molecule has 2 heterocycles. The number of hydrogen-bond donors (Lipinski definition) is 3. The maximum absolute atomic E-state index is 12.3. The number of aliphatic hydroxyl groups is 2. The van der Waals surface area contributed by atoms with Gasteiger partial charge in [0.2, 0.25) is 5.91 Å². The fraction of sp³-hybridized carbons (Fsp3) is 0.917. The van der Waals surface area contributed by atoms with Crippen molar-refractivity contribution in [2.24, 2.45) is 5.41 Å². The van der Waals surface area contributed by atoms with E-state index in [0.29, 0.717) is 0 Å². The number of hydrogen-bond acceptors (Lipinski definition) is 4. The van der Waals surface area contributed by atoms with Crippen molar-refractivity contribution < 1.29 is 15.0 Å². The molecule has 0 aliphatic carbocycles. The zero-order chi connectivity index (χ0) is 12.6. The van der Waals surface area contributed by atoms with Gasteiger partial charge in [0.05, 0.1) is 18.2 Å². The van der Waals surface area contributed by atoms with Crippen molar-refractivity contribution in [1.82, 2.24) is 10.2 Å². The summed E-state index contributed by atoms with van der Waals surface area (Å²) in [5, 5.41) is 22.2. The van der Waals surface area contributed by atoms with Crippen LogP contribution in [-0.2, 0) is 4.79 Å². The predicted octanol–water partition coefficient (Wildman–Crippen LogP) is -0.671. The van der Waals surface area contributed by atoms with Crippen LogP contribution in [0, 0.1) is 5.41 Å². The van der Waals surface area contributed by atoms with Crippen molar-refractivity contribution in [3.05, 3.63) is 0 Å². The first-order valence-corrected chi connectivity index (χ1v) is 6.30. The molecule has 0 spiro atoms. The third-order valence-corrected chi connectivity index (χ3v) is 3.95. The number of likely N-dealkylation sites (tertiary alicyclic amines) is 1. The molecule has 5 nitrogen and oxygen atoms in total. The quantitative estimate of drug-likeness (QED) is 0.570. The Kier molecular flexibility index (Phi) is 3.43. The Morgan fingerprint density at radius 1 is 1.29 bits per heavy atom. The molecule has 0 aromatic carbocycles. The van der Waals surface area contributed by atoms with E-state index in [1.807, 2.05) is 0 Å². The zero-order valence-corrected chi connectivity index (χ0v) is 10.5. The minimum Gasteiger partial charge on any atom is -0.388 e. The monoisotopic (exact) mass is 242 g/mol. The van der Waals surface area contributed by atoms with Crippen LogP contribution in [0.2, 0.25) is 0 Å². The molecule has 1 unspecified atom stereocenters. The van der Waals surface area contributed by atoms with Gasteiger partial charge in [-0.15, -0.1) is 0 Å². The van der Waals surface area contributed by atoms with Gasteiger partial charge < -0.3 is 20.4 Å². The summed E-state index contributed by atoms with van der Waals surface area (Å²) in [6, 6.07) is -0.200. The topological polar surface area (TPSA) is 72.8 Å². The molecule has 0 bridgehead atoms. The molecule has 5 heteroatoms. The maximum Gasteiger partial charge on any atom is 0.240 e. The van der Waals surface area contributed by atoms with E-state index in [1.54, 1.807) is 4.90 Å². The Balaban J connectivity index is 2.04. The fourth-order valence-corrected chi connectivity index (χ4v) is 2.76. The number of carbonyl (C=O) groups excluding carboxylic acids is 1. The second kappa shape index (κ2) is 4.55. The number of rotatable bonds is 1. The molecule has 2 fully saturated rings. The highest BCUT2D eigenvalue weighted by Gasteiger charge is 2.42. The lowest BCUT2D eigenvalue weighted by atomic mass is 9.77. The molecule has 0 aromatic rings. The summed E-state index contributed by atoms with van der Waals surface area (Å²) >= 11 is 0. The van der Waals surface area contributed by atoms with Gasteiger partial charge in [-0.25, -0.2) is 0 Å². The smallest absolute Gasteiger partial charge is 0.240 e. The van der Waals surface area contributed by atoms with Crippen molar-refractivity contribution >= 4 is 5.91 Å². The normalized spacial score (nSPS) is 37.2. The molecule has 1 amide bonds. The van der Waals surface area contributed by atoms with Gasteiger partial charge in [-0.1, -0.05) is 13.8 Å². The lowest BCUT2D eigenvalue weighted by Gasteiger charge is -2.40. The fourth-order valence-electron chi connectivity index (χ4n) is 2.76. The summed E-state index contributed by atoms with van der Waals surface area (Å²) in [7, 11) is 0. The third-order valence-electron chi connectivity index (χ3n) is 3.95. The number of nitrogens with one attached hydrogen (secondary N) is 1. The molecule has 0 saturated carbocycles. The number of piperidine rings is 1. The van der Waals surface area contributed by atoms with Crippen LogP contribution in [0.25, 0.3) is 0 Å². The van der Waals surface area contributed by atoms with E-state index in [1.165, 1.54) is 0 Å². The molecule has 2 aliphatic heterocycles.